The van der Waals surface area contributed by atoms with Crippen LogP contribution in [0, 0.1) is 19.3 Å². The molecule has 0 spiro atoms. The number of nitrogens with zero attached hydrogens (tertiary/aromatic N) is 2. The molecule has 0 aliphatic carbocycles. The molecule has 2 aromatic rings. The molecule has 29 heavy (non-hydrogen) atoms. The molecule has 0 aliphatic heterocycles. The lowest BCUT2D eigenvalue weighted by molar-refractivity contribution is -0.126. The summed E-state index contributed by atoms with van der Waals surface area (Å²) in [5.74, 6) is 0.175. The summed E-state index contributed by atoms with van der Waals surface area (Å²) in [6.45, 7) is 12.3. The number of hydrogen-bond acceptors (Lipinski definition) is 2. The standard InChI is InChI=1S/C24H34N2O.C2H6/c1-18-10-13-22(17-19(18)2)26(7)23(27)24(3,4)16-8-9-20-11-14-21(15-12-20)25(5)6;1-2/h10-15,17H,8-9,16H2,1-7H3;1-2H3. The van der Waals surface area contributed by atoms with Crippen LogP contribution >= 0.6 is 0 Å². The van der Waals surface area contributed by atoms with Crippen LogP contribution in [0.2, 0.25) is 0 Å². The van der Waals surface area contributed by atoms with E-state index in [0.29, 0.717) is 0 Å². The molecule has 0 fully saturated rings. The van der Waals surface area contributed by atoms with Gasteiger partial charge in [-0.25, -0.2) is 0 Å². The van der Waals surface area contributed by atoms with E-state index in [9.17, 15) is 4.79 Å². The number of amides is 1. The van der Waals surface area contributed by atoms with Crippen LogP contribution in [0.15, 0.2) is 42.5 Å². The second kappa shape index (κ2) is 11.0. The Hall–Kier alpha value is -2.29. The minimum Gasteiger partial charge on any atom is -0.378 e. The van der Waals surface area contributed by atoms with Gasteiger partial charge in [-0.05, 0) is 74.1 Å². The smallest absolute Gasteiger partial charge is 0.232 e. The molecule has 2 aromatic carbocycles. The molecule has 0 saturated heterocycles. The van der Waals surface area contributed by atoms with Gasteiger partial charge >= 0.3 is 0 Å². The predicted octanol–water partition coefficient (Wildman–Crippen LogP) is 6.41. The van der Waals surface area contributed by atoms with E-state index >= 15 is 0 Å². The topological polar surface area (TPSA) is 23.6 Å². The molecule has 0 N–H and O–H groups in total. The maximum atomic E-state index is 13.0. The van der Waals surface area contributed by atoms with Crippen molar-refractivity contribution in [2.24, 2.45) is 5.41 Å². The van der Waals surface area contributed by atoms with Gasteiger partial charge in [0.15, 0.2) is 0 Å². The van der Waals surface area contributed by atoms with Gasteiger partial charge in [-0.2, -0.15) is 0 Å². The van der Waals surface area contributed by atoms with Crippen LogP contribution in [0.3, 0.4) is 0 Å². The van der Waals surface area contributed by atoms with Gasteiger partial charge in [0.1, 0.15) is 0 Å². The lowest BCUT2D eigenvalue weighted by Crippen LogP contribution is -2.38. The second-order valence-corrected chi connectivity index (χ2v) is 8.43. The van der Waals surface area contributed by atoms with Crippen molar-refractivity contribution in [3.05, 3.63) is 59.2 Å². The van der Waals surface area contributed by atoms with Crippen molar-refractivity contribution in [1.82, 2.24) is 0 Å². The lowest BCUT2D eigenvalue weighted by atomic mass is 9.85. The van der Waals surface area contributed by atoms with Gasteiger partial charge in [0.25, 0.3) is 0 Å². The Bertz CT molecular complexity index is 776. The third-order valence-corrected chi connectivity index (χ3v) is 5.48. The third-order valence-electron chi connectivity index (χ3n) is 5.48. The molecule has 0 unspecified atom stereocenters. The maximum Gasteiger partial charge on any atom is 0.232 e. The molecule has 3 nitrogen and oxygen atoms in total. The Morgan fingerprint density at radius 3 is 1.93 bits per heavy atom. The van der Waals surface area contributed by atoms with Crippen LogP contribution in [0.1, 0.15) is 57.2 Å². The Kier molecular flexibility index (Phi) is 9.42. The first-order valence-electron chi connectivity index (χ1n) is 10.7. The van der Waals surface area contributed by atoms with Gasteiger partial charge in [0.2, 0.25) is 5.91 Å². The molecule has 3 heteroatoms. The van der Waals surface area contributed by atoms with E-state index in [1.807, 2.05) is 27.0 Å². The van der Waals surface area contributed by atoms with Crippen LogP contribution in [0.4, 0.5) is 11.4 Å². The van der Waals surface area contributed by atoms with Crippen LogP contribution in [-0.2, 0) is 11.2 Å². The van der Waals surface area contributed by atoms with E-state index in [-0.39, 0.29) is 11.3 Å². The minimum atomic E-state index is -0.378. The fourth-order valence-electron chi connectivity index (χ4n) is 3.31. The van der Waals surface area contributed by atoms with Crippen LogP contribution < -0.4 is 9.80 Å². The van der Waals surface area contributed by atoms with E-state index < -0.39 is 0 Å². The Morgan fingerprint density at radius 2 is 1.41 bits per heavy atom. The highest BCUT2D eigenvalue weighted by Gasteiger charge is 2.30. The van der Waals surface area contributed by atoms with Crippen molar-refractivity contribution in [3.63, 3.8) is 0 Å². The Labute approximate surface area is 178 Å². The zero-order valence-electron chi connectivity index (χ0n) is 20.0. The Morgan fingerprint density at radius 1 is 0.862 bits per heavy atom. The highest BCUT2D eigenvalue weighted by molar-refractivity contribution is 5.96. The summed E-state index contributed by atoms with van der Waals surface area (Å²) in [6, 6.07) is 14.9. The van der Waals surface area contributed by atoms with Gasteiger partial charge in [-0.3, -0.25) is 4.79 Å². The quantitative estimate of drug-likeness (QED) is 0.540. The van der Waals surface area contributed by atoms with Crippen molar-refractivity contribution in [3.8, 4) is 0 Å². The summed E-state index contributed by atoms with van der Waals surface area (Å²) >= 11 is 0. The zero-order chi connectivity index (χ0) is 22.2. The first-order valence-corrected chi connectivity index (χ1v) is 10.7. The normalized spacial score (nSPS) is 10.8. The van der Waals surface area contributed by atoms with Gasteiger partial charge in [0.05, 0.1) is 0 Å². The highest BCUT2D eigenvalue weighted by atomic mass is 16.2. The SMILES string of the molecule is CC.Cc1ccc(N(C)C(=O)C(C)(C)CCCc2ccc(N(C)C)cc2)cc1C. The third kappa shape index (κ3) is 6.92. The summed E-state index contributed by atoms with van der Waals surface area (Å²) in [7, 11) is 5.98. The lowest BCUT2D eigenvalue weighted by Gasteiger charge is -2.30. The van der Waals surface area contributed by atoms with Gasteiger partial charge in [-0.1, -0.05) is 45.9 Å². The maximum absolute atomic E-state index is 13.0. The Balaban J connectivity index is 0.00000204. The first kappa shape index (κ1) is 24.7. The molecule has 2 rings (SSSR count). The molecule has 0 bridgehead atoms. The number of anilines is 2. The van der Waals surface area contributed by atoms with Crippen molar-refractivity contribution in [2.45, 2.75) is 60.8 Å². The summed E-state index contributed by atoms with van der Waals surface area (Å²) in [5.41, 5.74) is 5.59. The number of rotatable bonds is 7. The fourth-order valence-corrected chi connectivity index (χ4v) is 3.31. The van der Waals surface area contributed by atoms with Crippen molar-refractivity contribution in [1.29, 1.82) is 0 Å². The molecule has 1 amide bonds. The van der Waals surface area contributed by atoms with Crippen molar-refractivity contribution < 1.29 is 4.79 Å². The van der Waals surface area contributed by atoms with Crippen molar-refractivity contribution >= 4 is 17.3 Å². The average molecular weight is 397 g/mol. The largest absolute Gasteiger partial charge is 0.378 e. The number of aryl methyl sites for hydroxylation is 3. The van der Waals surface area contributed by atoms with E-state index in [2.05, 4.69) is 83.1 Å². The van der Waals surface area contributed by atoms with E-state index in [1.165, 1.54) is 22.4 Å². The molecule has 0 atom stereocenters. The summed E-state index contributed by atoms with van der Waals surface area (Å²) in [5, 5.41) is 0. The molecule has 0 aromatic heterocycles. The minimum absolute atomic E-state index is 0.175. The predicted molar refractivity (Wildman–Crippen MR) is 128 cm³/mol. The molecule has 0 heterocycles. The van der Waals surface area contributed by atoms with E-state index in [1.54, 1.807) is 4.90 Å². The first-order chi connectivity index (χ1) is 13.6. The van der Waals surface area contributed by atoms with Crippen LogP contribution in [0.5, 0.6) is 0 Å². The molecule has 0 aliphatic rings. The van der Waals surface area contributed by atoms with Crippen LogP contribution in [-0.4, -0.2) is 27.1 Å². The number of hydrogen-bond donors (Lipinski definition) is 0. The highest BCUT2D eigenvalue weighted by Crippen LogP contribution is 2.29. The molecule has 0 saturated carbocycles. The molecule has 160 valence electrons. The summed E-state index contributed by atoms with van der Waals surface area (Å²) < 4.78 is 0. The molecular formula is C26H40N2O. The summed E-state index contributed by atoms with van der Waals surface area (Å²) in [4.78, 5) is 17.0. The van der Waals surface area contributed by atoms with Gasteiger partial charge in [-0.15, -0.1) is 0 Å². The van der Waals surface area contributed by atoms with Gasteiger partial charge < -0.3 is 9.80 Å². The molecule has 0 radical (unpaired) electrons. The molecular weight excluding hydrogens is 356 g/mol. The average Bonchev–Trinajstić information content (AvgIpc) is 2.70. The van der Waals surface area contributed by atoms with E-state index in [0.717, 1.165) is 24.9 Å². The monoisotopic (exact) mass is 396 g/mol. The number of benzene rings is 2. The number of carbonyl (C=O) groups excluding carboxylic acids is 1. The second-order valence-electron chi connectivity index (χ2n) is 8.43. The number of carbonyl (C=O) groups is 1. The van der Waals surface area contributed by atoms with Crippen molar-refractivity contribution in [2.75, 3.05) is 30.9 Å². The zero-order valence-corrected chi connectivity index (χ0v) is 20.0. The summed E-state index contributed by atoms with van der Waals surface area (Å²) in [6.07, 6.45) is 2.87. The fraction of sp³-hybridized carbons (Fsp3) is 0.500. The van der Waals surface area contributed by atoms with Gasteiger partial charge in [0, 0.05) is 37.9 Å². The van der Waals surface area contributed by atoms with E-state index in [4.69, 9.17) is 0 Å². The van der Waals surface area contributed by atoms with Crippen LogP contribution in [0.25, 0.3) is 0 Å².